The summed E-state index contributed by atoms with van der Waals surface area (Å²) in [5, 5.41) is 25.9. The minimum absolute atomic E-state index is 0.000136. The zero-order chi connectivity index (χ0) is 74.9. The van der Waals surface area contributed by atoms with Crippen molar-refractivity contribution in [1.82, 2.24) is 60.9 Å². The van der Waals surface area contributed by atoms with Gasteiger partial charge >= 0.3 is 5.97 Å². The number of aliphatic hydroxyl groups is 1. The van der Waals surface area contributed by atoms with Gasteiger partial charge in [-0.25, -0.2) is 0 Å². The number of hydrogen-bond acceptors (Lipinski definition) is 17. The molecule has 0 saturated carbocycles. The fourth-order valence-corrected chi connectivity index (χ4v) is 12.5. The minimum Gasteiger partial charge on any atom is -0.466 e. The number of nitrogens with zero attached hydrogens (tertiary/aromatic N) is 7. The highest BCUT2D eigenvalue weighted by molar-refractivity contribution is 6.00. The number of hydrogen-bond donors (Lipinski definition) is 6. The summed E-state index contributed by atoms with van der Waals surface area (Å²) in [4.78, 5) is 185. The first-order valence-electron chi connectivity index (χ1n) is 35.6. The molecule has 2 saturated heterocycles. The quantitative estimate of drug-likeness (QED) is 0.0632. The van der Waals surface area contributed by atoms with Gasteiger partial charge in [-0.2, -0.15) is 0 Å². The number of ether oxygens (including phenoxy) is 3. The smallest absolute Gasteiger partial charge is 0.305 e. The standard InChI is InChI=1S/C70H126N12O16/c1-24-50-67(92)76(18)48(16)66(91)81(23)58(49(17)98-34-27-26-31-82-32-35-96-36-33-82)64(89)74-55(43(9)10)70(95)77(19)51(37-40(3)4)61(86)71-46(14)60(85)72-47(15)65(90)78(20)52(38-41(5)6)68(93)79(21)53(39-42(7)8)69(94)80(22)57(44(11)12)63(88)75-56(62(87)73-50)59(84)45(13)29-28-30-54(83)97-25-2/h40-53,55-59,84H,24-39H2,1-23H3,(H,71,86)(H,72,85)(H,73,87)(H,74,89)(H,75,88)/t45-,46+,47-,48-,49-,50+,51+,52+,53+,55+,56+,57+,58+,59-/m1/s1. The zero-order valence-electron chi connectivity index (χ0n) is 63.5. The van der Waals surface area contributed by atoms with Crippen LogP contribution in [0.1, 0.15) is 175 Å². The lowest BCUT2D eigenvalue weighted by Crippen LogP contribution is -2.64. The fourth-order valence-electron chi connectivity index (χ4n) is 12.5. The molecule has 2 heterocycles. The van der Waals surface area contributed by atoms with Crippen LogP contribution in [-0.4, -0.2) is 277 Å². The van der Waals surface area contributed by atoms with Crippen molar-refractivity contribution >= 4 is 70.9 Å². The largest absolute Gasteiger partial charge is 0.466 e. The van der Waals surface area contributed by atoms with Crippen LogP contribution >= 0.6 is 0 Å². The van der Waals surface area contributed by atoms with E-state index in [1.807, 2.05) is 41.5 Å². The van der Waals surface area contributed by atoms with E-state index in [2.05, 4.69) is 31.5 Å². The number of aliphatic hydroxyl groups excluding tert-OH is 1. The molecule has 0 bridgehead atoms. The van der Waals surface area contributed by atoms with Crippen molar-refractivity contribution in [3.8, 4) is 0 Å². The molecule has 2 aliphatic heterocycles. The number of rotatable bonds is 23. The van der Waals surface area contributed by atoms with E-state index in [9.17, 15) is 43.5 Å². The number of likely N-dealkylation sites (N-methyl/N-ethyl adjacent to an activating group) is 6. The normalized spacial score (nSPS) is 26.8. The molecule has 28 heteroatoms. The molecule has 0 spiro atoms. The van der Waals surface area contributed by atoms with Crippen molar-refractivity contribution < 1.29 is 76.9 Å². The van der Waals surface area contributed by atoms with Gasteiger partial charge in [-0.15, -0.1) is 0 Å². The molecular weight excluding hydrogens is 1260 g/mol. The predicted octanol–water partition coefficient (Wildman–Crippen LogP) is 2.55. The SMILES string of the molecule is CCOC(=O)CCC[C@@H](C)[C@@H](O)[C@@H]1NC(=O)[C@H](C(C)C)N(C)C(=O)[C@H](CC(C)C)N(C)C(=O)[C@H](CC(C)C)N(C)C(=O)[C@@H](C)NC(=O)[C@H](C)NC(=O)[C@H](CC(C)C)N(C)C(=O)[C@H](C(C)C)NC(=O)[C@H]([C@@H](C)OCCCCN2CCOCC2)N(C)C(=O)[C@@H](C)N(C)C(=O)[C@H](CC)NC1=O. The van der Waals surface area contributed by atoms with Crippen molar-refractivity contribution in [3.05, 3.63) is 0 Å². The van der Waals surface area contributed by atoms with Gasteiger partial charge in [0.2, 0.25) is 65.0 Å². The third kappa shape index (κ3) is 25.9. The Morgan fingerprint density at radius 2 is 1.00 bits per heavy atom. The first-order chi connectivity index (χ1) is 45.7. The molecule has 28 nitrogen and oxygen atoms in total. The van der Waals surface area contributed by atoms with E-state index in [0.29, 0.717) is 19.6 Å². The van der Waals surface area contributed by atoms with Crippen LogP contribution in [0.4, 0.5) is 0 Å². The van der Waals surface area contributed by atoms with Crippen molar-refractivity contribution in [3.63, 3.8) is 0 Å². The summed E-state index contributed by atoms with van der Waals surface area (Å²) in [6.45, 7) is 32.7. The van der Waals surface area contributed by atoms with Gasteiger partial charge < -0.3 is 75.3 Å². The van der Waals surface area contributed by atoms with Crippen LogP contribution in [0.25, 0.3) is 0 Å². The predicted molar refractivity (Wildman–Crippen MR) is 372 cm³/mol. The van der Waals surface area contributed by atoms with Crippen LogP contribution < -0.4 is 26.6 Å². The van der Waals surface area contributed by atoms with Gasteiger partial charge in [0, 0.05) is 68.4 Å². The molecule has 0 aliphatic carbocycles. The maximum atomic E-state index is 15.2. The third-order valence-corrected chi connectivity index (χ3v) is 18.8. The van der Waals surface area contributed by atoms with Gasteiger partial charge in [0.1, 0.15) is 66.5 Å². The number of nitrogens with one attached hydrogen (secondary N) is 5. The molecule has 0 aromatic carbocycles. The lowest BCUT2D eigenvalue weighted by Gasteiger charge is -2.40. The van der Waals surface area contributed by atoms with Crippen molar-refractivity contribution in [1.29, 1.82) is 0 Å². The Kier molecular flexibility index (Phi) is 37.4. The molecule has 2 aliphatic rings. The lowest BCUT2D eigenvalue weighted by atomic mass is 9.91. The number of morpholine rings is 1. The second kappa shape index (κ2) is 41.9. The molecule has 0 aromatic heterocycles. The molecule has 0 radical (unpaired) electrons. The first-order valence-corrected chi connectivity index (χ1v) is 35.6. The molecule has 0 aromatic rings. The highest BCUT2D eigenvalue weighted by atomic mass is 16.5. The van der Waals surface area contributed by atoms with Gasteiger partial charge in [-0.05, 0) is 128 Å². The van der Waals surface area contributed by atoms with E-state index >= 15 is 19.2 Å². The minimum atomic E-state index is -1.78. The van der Waals surface area contributed by atoms with Gasteiger partial charge in [-0.1, -0.05) is 83.1 Å². The van der Waals surface area contributed by atoms with Crippen molar-refractivity contribution in [2.45, 2.75) is 254 Å². The second-order valence-corrected chi connectivity index (χ2v) is 29.0. The monoisotopic (exact) mass is 1390 g/mol. The Bertz CT molecular complexity index is 2640. The Hall–Kier alpha value is -6.52. The first kappa shape index (κ1) is 87.6. The van der Waals surface area contributed by atoms with E-state index in [-0.39, 0.29) is 75.9 Å². The molecule has 98 heavy (non-hydrogen) atoms. The Labute approximate surface area is 584 Å². The summed E-state index contributed by atoms with van der Waals surface area (Å²) in [6.07, 6.45) is -0.577. The van der Waals surface area contributed by atoms with Crippen molar-refractivity contribution in [2.75, 3.05) is 88.3 Å². The summed E-state index contributed by atoms with van der Waals surface area (Å²) in [5.74, 6) is -11.2. The van der Waals surface area contributed by atoms with E-state index in [1.165, 1.54) is 82.7 Å². The van der Waals surface area contributed by atoms with E-state index < -0.39 is 167 Å². The number of unbranched alkanes of at least 4 members (excludes halogenated alkanes) is 1. The Balaban J connectivity index is 2.99. The van der Waals surface area contributed by atoms with Crippen LogP contribution in [0.15, 0.2) is 0 Å². The molecule has 0 unspecified atom stereocenters. The molecule has 2 rings (SSSR count). The lowest BCUT2D eigenvalue weighted by molar-refractivity contribution is -0.154. The molecular formula is C70H126N12O16. The Morgan fingerprint density at radius 1 is 0.510 bits per heavy atom. The van der Waals surface area contributed by atoms with Crippen LogP contribution in [0.3, 0.4) is 0 Å². The number of esters is 1. The van der Waals surface area contributed by atoms with Crippen LogP contribution in [0.2, 0.25) is 0 Å². The van der Waals surface area contributed by atoms with Crippen LogP contribution in [-0.2, 0) is 71.7 Å². The highest BCUT2D eigenvalue weighted by Gasteiger charge is 2.45. The van der Waals surface area contributed by atoms with Gasteiger partial charge in [0.25, 0.3) is 0 Å². The van der Waals surface area contributed by atoms with Crippen molar-refractivity contribution in [2.24, 2.45) is 35.5 Å². The summed E-state index contributed by atoms with van der Waals surface area (Å²) in [6, 6.07) is -14.6. The fraction of sp³-hybridized carbons (Fsp3) is 0.829. The molecule has 562 valence electrons. The maximum absolute atomic E-state index is 15.2. The van der Waals surface area contributed by atoms with Gasteiger partial charge in [0.05, 0.1) is 32.0 Å². The summed E-state index contributed by atoms with van der Waals surface area (Å²) >= 11 is 0. The van der Waals surface area contributed by atoms with E-state index in [0.717, 1.165) is 35.9 Å². The molecule has 2 fully saturated rings. The number of carbonyl (C=O) groups excluding carboxylic acids is 12. The van der Waals surface area contributed by atoms with E-state index in [1.54, 1.807) is 55.4 Å². The summed E-state index contributed by atoms with van der Waals surface area (Å²) in [7, 11) is 8.41. The topological polar surface area (TPSA) is 336 Å². The average molecular weight is 1390 g/mol. The van der Waals surface area contributed by atoms with E-state index in [4.69, 9.17) is 14.2 Å². The number of amides is 11. The zero-order valence-corrected chi connectivity index (χ0v) is 63.5. The second-order valence-electron chi connectivity index (χ2n) is 29.0. The molecule has 14 atom stereocenters. The highest BCUT2D eigenvalue weighted by Crippen LogP contribution is 2.25. The number of carbonyl (C=O) groups is 12. The Morgan fingerprint density at radius 3 is 1.52 bits per heavy atom. The maximum Gasteiger partial charge on any atom is 0.305 e. The third-order valence-electron chi connectivity index (χ3n) is 18.8. The van der Waals surface area contributed by atoms with Crippen LogP contribution in [0, 0.1) is 35.5 Å². The average Bonchev–Trinajstić information content (AvgIpc) is 0.816. The summed E-state index contributed by atoms with van der Waals surface area (Å²) < 4.78 is 16.9. The molecule has 11 amide bonds. The molecule has 6 N–H and O–H groups in total. The van der Waals surface area contributed by atoms with Gasteiger partial charge in [-0.3, -0.25) is 62.4 Å². The van der Waals surface area contributed by atoms with Gasteiger partial charge in [0.15, 0.2) is 0 Å². The summed E-state index contributed by atoms with van der Waals surface area (Å²) in [5.41, 5.74) is 0. The van der Waals surface area contributed by atoms with Crippen LogP contribution in [0.5, 0.6) is 0 Å².